The van der Waals surface area contributed by atoms with Gasteiger partial charge >= 0.3 is 0 Å². The number of hydrogen-bond acceptors (Lipinski definition) is 5. The van der Waals surface area contributed by atoms with Crippen molar-refractivity contribution in [3.63, 3.8) is 0 Å². The van der Waals surface area contributed by atoms with E-state index in [9.17, 15) is 9.90 Å². The Kier molecular flexibility index (Phi) is 6.89. The van der Waals surface area contributed by atoms with Crippen LogP contribution < -0.4 is 4.90 Å². The largest absolute Gasteiger partial charge is 0.393 e. The third-order valence-electron chi connectivity index (χ3n) is 12.3. The fourth-order valence-corrected chi connectivity index (χ4v) is 10.1. The van der Waals surface area contributed by atoms with E-state index in [-0.39, 0.29) is 6.10 Å². The Morgan fingerprint density at radius 2 is 1.89 bits per heavy atom. The first kappa shape index (κ1) is 26.3. The van der Waals surface area contributed by atoms with Crippen LogP contribution in [0.2, 0.25) is 0 Å². The van der Waals surface area contributed by atoms with Gasteiger partial charge in [-0.2, -0.15) is 10.1 Å². The second kappa shape index (κ2) is 9.94. The summed E-state index contributed by atoms with van der Waals surface area (Å²) in [7, 11) is 1.92. The molecule has 0 unspecified atom stereocenters. The Bertz CT molecular complexity index is 1060. The molecule has 5 aliphatic rings. The summed E-state index contributed by atoms with van der Waals surface area (Å²) in [6, 6.07) is 0. The highest BCUT2D eigenvalue weighted by atomic mass is 16.3. The molecule has 1 amide bonds. The van der Waals surface area contributed by atoms with Crippen LogP contribution in [0, 0.1) is 40.4 Å². The molecule has 4 fully saturated rings. The van der Waals surface area contributed by atoms with Crippen molar-refractivity contribution in [3.8, 4) is 0 Å². The molecule has 2 heterocycles. The van der Waals surface area contributed by atoms with Gasteiger partial charge in [0.05, 0.1) is 6.10 Å². The summed E-state index contributed by atoms with van der Waals surface area (Å²) in [6.07, 6.45) is 15.4. The number of hydrogen-bond donors (Lipinski definition) is 1. The first-order chi connectivity index (χ1) is 18.2. The van der Waals surface area contributed by atoms with Crippen molar-refractivity contribution < 1.29 is 9.90 Å². The van der Waals surface area contributed by atoms with E-state index >= 15 is 0 Å². The van der Waals surface area contributed by atoms with Crippen LogP contribution in [0.3, 0.4) is 0 Å². The molecule has 1 N–H and O–H groups in total. The van der Waals surface area contributed by atoms with Gasteiger partial charge < -0.3 is 14.9 Å². The predicted molar refractivity (Wildman–Crippen MR) is 149 cm³/mol. The number of carbonyl (C=O) groups is 1. The molecule has 1 aliphatic heterocycles. The fraction of sp³-hybridized carbons (Fsp3) is 0.839. The maximum Gasteiger partial charge on any atom is 0.223 e. The van der Waals surface area contributed by atoms with Crippen molar-refractivity contribution >= 4 is 11.9 Å². The summed E-state index contributed by atoms with van der Waals surface area (Å²) in [4.78, 5) is 21.8. The van der Waals surface area contributed by atoms with Gasteiger partial charge in [0.25, 0.3) is 0 Å². The Balaban J connectivity index is 1.05. The number of aliphatic hydroxyl groups excluding tert-OH is 1. The van der Waals surface area contributed by atoms with Crippen LogP contribution in [-0.4, -0.2) is 63.0 Å². The van der Waals surface area contributed by atoms with E-state index in [1.807, 2.05) is 11.7 Å². The Morgan fingerprint density at radius 3 is 2.63 bits per heavy atom. The minimum Gasteiger partial charge on any atom is -0.393 e. The monoisotopic (exact) mass is 523 g/mol. The highest BCUT2D eigenvalue weighted by molar-refractivity contribution is 5.76. The summed E-state index contributed by atoms with van der Waals surface area (Å²) in [5, 5.41) is 14.5. The average Bonchev–Trinajstić information content (AvgIpc) is 3.50. The van der Waals surface area contributed by atoms with Crippen molar-refractivity contribution in [1.29, 1.82) is 0 Å². The number of nitrogens with zero attached hydrogens (tertiary/aromatic N) is 5. The fourth-order valence-electron chi connectivity index (χ4n) is 10.1. The average molecular weight is 524 g/mol. The van der Waals surface area contributed by atoms with Crippen LogP contribution >= 0.6 is 0 Å². The molecule has 1 aromatic rings. The number of aryl methyl sites for hydroxylation is 1. The summed E-state index contributed by atoms with van der Waals surface area (Å²) >= 11 is 0. The standard InChI is InChI=1S/C31H49N5O2/c1-21(5-10-28(38)35-15-17-36(18-16-35)29-32-20-33-34(29)4)25-8-9-26-24-7-6-22-19-23(37)11-13-30(22,2)27(24)12-14-31(25,26)3/h6,20-21,23-27,37H,5,7-19H2,1-4H3/t21-,23+,24+,25-,26+,27+,30+,31-/m1/s1. The van der Waals surface area contributed by atoms with Crippen LogP contribution in [0.1, 0.15) is 85.0 Å². The van der Waals surface area contributed by atoms with Gasteiger partial charge in [-0.1, -0.05) is 32.4 Å². The quantitative estimate of drug-likeness (QED) is 0.560. The molecule has 3 saturated carbocycles. The molecule has 7 heteroatoms. The number of amides is 1. The molecule has 0 spiro atoms. The smallest absolute Gasteiger partial charge is 0.223 e. The number of aromatic nitrogens is 3. The van der Waals surface area contributed by atoms with E-state index in [1.165, 1.54) is 38.5 Å². The Hall–Kier alpha value is -1.89. The van der Waals surface area contributed by atoms with E-state index in [1.54, 1.807) is 11.9 Å². The number of rotatable bonds is 5. The number of carbonyl (C=O) groups excluding carboxylic acids is 1. The maximum absolute atomic E-state index is 13.2. The van der Waals surface area contributed by atoms with Crippen molar-refractivity contribution in [2.75, 3.05) is 31.1 Å². The summed E-state index contributed by atoms with van der Waals surface area (Å²) in [5.41, 5.74) is 2.30. The van der Waals surface area contributed by atoms with Gasteiger partial charge in [-0.15, -0.1) is 0 Å². The van der Waals surface area contributed by atoms with Crippen molar-refractivity contribution in [2.45, 2.75) is 91.1 Å². The zero-order valence-electron chi connectivity index (χ0n) is 24.1. The molecule has 0 radical (unpaired) electrons. The van der Waals surface area contributed by atoms with E-state index in [4.69, 9.17) is 0 Å². The molecule has 4 aliphatic carbocycles. The topological polar surface area (TPSA) is 74.5 Å². The normalized spacial score (nSPS) is 39.7. The highest BCUT2D eigenvalue weighted by Gasteiger charge is 2.59. The lowest BCUT2D eigenvalue weighted by atomic mass is 9.47. The molecule has 1 aromatic heterocycles. The first-order valence-corrected chi connectivity index (χ1v) is 15.4. The molecule has 6 rings (SSSR count). The number of aliphatic hydroxyl groups is 1. The van der Waals surface area contributed by atoms with Gasteiger partial charge in [0.1, 0.15) is 6.33 Å². The van der Waals surface area contributed by atoms with Crippen LogP contribution in [0.25, 0.3) is 0 Å². The third-order valence-corrected chi connectivity index (χ3v) is 12.3. The lowest BCUT2D eigenvalue weighted by Crippen LogP contribution is -2.51. The molecular weight excluding hydrogens is 474 g/mol. The first-order valence-electron chi connectivity index (χ1n) is 15.4. The number of anilines is 1. The molecule has 8 atom stereocenters. The summed E-state index contributed by atoms with van der Waals surface area (Å²) in [6.45, 7) is 10.8. The molecule has 0 bridgehead atoms. The van der Waals surface area contributed by atoms with Crippen LogP contribution in [0.4, 0.5) is 5.95 Å². The summed E-state index contributed by atoms with van der Waals surface area (Å²) < 4.78 is 1.81. The van der Waals surface area contributed by atoms with Crippen LogP contribution in [0.5, 0.6) is 0 Å². The van der Waals surface area contributed by atoms with E-state index < -0.39 is 0 Å². The molecule has 38 heavy (non-hydrogen) atoms. The number of fused-ring (bicyclic) bond motifs is 5. The van der Waals surface area contributed by atoms with Gasteiger partial charge in [0.2, 0.25) is 11.9 Å². The Labute approximate surface area is 229 Å². The van der Waals surface area contributed by atoms with Crippen molar-refractivity contribution in [3.05, 3.63) is 18.0 Å². The second-order valence-corrected chi connectivity index (χ2v) is 14.0. The van der Waals surface area contributed by atoms with E-state index in [0.29, 0.717) is 29.1 Å². The zero-order chi connectivity index (χ0) is 26.7. The Morgan fingerprint density at radius 1 is 1.11 bits per heavy atom. The van der Waals surface area contributed by atoms with Crippen LogP contribution in [-0.2, 0) is 11.8 Å². The molecule has 0 aromatic carbocycles. The molecule has 7 nitrogen and oxygen atoms in total. The van der Waals surface area contributed by atoms with Gasteiger partial charge in [0.15, 0.2) is 0 Å². The van der Waals surface area contributed by atoms with Gasteiger partial charge in [-0.05, 0) is 98.2 Å². The van der Waals surface area contributed by atoms with E-state index in [0.717, 1.165) is 75.1 Å². The zero-order valence-corrected chi connectivity index (χ0v) is 24.1. The predicted octanol–water partition coefficient (Wildman–Crippen LogP) is 4.82. The second-order valence-electron chi connectivity index (χ2n) is 14.0. The third kappa shape index (κ3) is 4.31. The van der Waals surface area contributed by atoms with Crippen molar-refractivity contribution in [1.82, 2.24) is 19.7 Å². The molecule has 1 saturated heterocycles. The van der Waals surface area contributed by atoms with Crippen LogP contribution in [0.15, 0.2) is 18.0 Å². The molecule has 210 valence electrons. The minimum atomic E-state index is -0.124. The van der Waals surface area contributed by atoms with E-state index in [2.05, 4.69) is 46.7 Å². The maximum atomic E-state index is 13.2. The highest BCUT2D eigenvalue weighted by Crippen LogP contribution is 2.67. The lowest BCUT2D eigenvalue weighted by Gasteiger charge is -2.58. The SMILES string of the molecule is C[C@H](CCC(=O)N1CCN(c2ncnn2C)CC1)[C@H]1CC[C@H]2[C@@H]3CC=C4C[C@@H](O)CC[C@]4(C)[C@H]3CC[C@]12C. The molecular formula is C31H49N5O2. The minimum absolute atomic E-state index is 0.124. The number of piperazine rings is 1. The van der Waals surface area contributed by atoms with Gasteiger partial charge in [0, 0.05) is 39.6 Å². The van der Waals surface area contributed by atoms with Gasteiger partial charge in [-0.3, -0.25) is 4.79 Å². The van der Waals surface area contributed by atoms with Crippen molar-refractivity contribution in [2.24, 2.45) is 47.5 Å². The summed E-state index contributed by atoms with van der Waals surface area (Å²) in [5.74, 6) is 4.98. The van der Waals surface area contributed by atoms with Gasteiger partial charge in [-0.25, -0.2) is 4.68 Å². The lowest BCUT2D eigenvalue weighted by molar-refractivity contribution is -0.132. The number of allylic oxidation sites excluding steroid dienone is 1.